The van der Waals surface area contributed by atoms with Crippen molar-refractivity contribution in [2.24, 2.45) is 0 Å². The number of hydrogen-bond acceptors (Lipinski definition) is 3. The van der Waals surface area contributed by atoms with E-state index < -0.39 is 0 Å². The van der Waals surface area contributed by atoms with Gasteiger partial charge in [-0.3, -0.25) is 9.36 Å². The maximum absolute atomic E-state index is 12.5. The molecule has 0 N–H and O–H groups in total. The molecular weight excluding hydrogens is 300 g/mol. The number of para-hydroxylation sites is 1. The number of fused-ring (bicyclic) bond motifs is 2. The Bertz CT molecular complexity index is 1060. The molecule has 4 heteroatoms. The summed E-state index contributed by atoms with van der Waals surface area (Å²) in [7, 11) is 0. The van der Waals surface area contributed by atoms with Crippen LogP contribution in [0.2, 0.25) is 0 Å². The first kappa shape index (κ1) is 14.5. The van der Waals surface area contributed by atoms with Gasteiger partial charge in [0.2, 0.25) is 0 Å². The van der Waals surface area contributed by atoms with Crippen molar-refractivity contribution < 1.29 is 4.74 Å². The van der Waals surface area contributed by atoms with Crippen molar-refractivity contribution in [2.45, 2.75) is 6.54 Å². The van der Waals surface area contributed by atoms with Crippen molar-refractivity contribution in [3.05, 3.63) is 83.4 Å². The molecule has 3 aromatic carbocycles. The minimum atomic E-state index is -0.0397. The summed E-state index contributed by atoms with van der Waals surface area (Å²) in [5.41, 5.74) is 0.677. The van der Waals surface area contributed by atoms with Gasteiger partial charge in [0.25, 0.3) is 5.56 Å². The average Bonchev–Trinajstić information content (AvgIpc) is 2.64. The van der Waals surface area contributed by atoms with Crippen molar-refractivity contribution in [1.82, 2.24) is 9.55 Å². The molecule has 0 saturated heterocycles. The summed E-state index contributed by atoms with van der Waals surface area (Å²) >= 11 is 0. The van der Waals surface area contributed by atoms with E-state index in [-0.39, 0.29) is 5.56 Å². The maximum atomic E-state index is 12.5. The summed E-state index contributed by atoms with van der Waals surface area (Å²) in [4.78, 5) is 16.8. The van der Waals surface area contributed by atoms with Crippen LogP contribution in [0.15, 0.2) is 77.9 Å². The number of hydrogen-bond donors (Lipinski definition) is 0. The molecule has 0 saturated carbocycles. The van der Waals surface area contributed by atoms with Crippen molar-refractivity contribution >= 4 is 21.7 Å². The highest BCUT2D eigenvalue weighted by molar-refractivity contribution is 5.88. The number of nitrogens with zero attached hydrogens (tertiary/aromatic N) is 2. The summed E-state index contributed by atoms with van der Waals surface area (Å²) in [6.45, 7) is 0.869. The van der Waals surface area contributed by atoms with Crippen LogP contribution in [-0.4, -0.2) is 16.2 Å². The largest absolute Gasteiger partial charge is 0.491 e. The minimum absolute atomic E-state index is 0.0397. The quantitative estimate of drug-likeness (QED) is 0.577. The molecule has 0 aliphatic heterocycles. The zero-order valence-corrected chi connectivity index (χ0v) is 13.1. The normalized spacial score (nSPS) is 11.0. The van der Waals surface area contributed by atoms with Crippen LogP contribution in [0.3, 0.4) is 0 Å². The second kappa shape index (κ2) is 6.16. The Hall–Kier alpha value is -3.14. The van der Waals surface area contributed by atoms with Gasteiger partial charge < -0.3 is 4.74 Å². The number of benzene rings is 3. The van der Waals surface area contributed by atoms with E-state index in [9.17, 15) is 4.79 Å². The average molecular weight is 316 g/mol. The van der Waals surface area contributed by atoms with E-state index in [4.69, 9.17) is 4.74 Å². The summed E-state index contributed by atoms with van der Waals surface area (Å²) in [5, 5.41) is 2.84. The lowest BCUT2D eigenvalue weighted by atomic mass is 10.1. The SMILES string of the molecule is O=c1c2ccccc2ncn1CCOc1cccc2ccccc12. The van der Waals surface area contributed by atoms with E-state index in [1.807, 2.05) is 48.5 Å². The number of aromatic nitrogens is 2. The van der Waals surface area contributed by atoms with E-state index in [0.29, 0.717) is 24.1 Å². The van der Waals surface area contributed by atoms with Crippen molar-refractivity contribution in [1.29, 1.82) is 0 Å². The predicted octanol–water partition coefficient (Wildman–Crippen LogP) is 3.63. The van der Waals surface area contributed by atoms with Crippen LogP contribution in [0.5, 0.6) is 5.75 Å². The van der Waals surface area contributed by atoms with Gasteiger partial charge in [-0.15, -0.1) is 0 Å². The van der Waals surface area contributed by atoms with Crippen LogP contribution < -0.4 is 10.3 Å². The standard InChI is InChI=1S/C20H16N2O2/c23-20-17-9-3-4-10-18(17)21-14-22(20)12-13-24-19-11-5-7-15-6-1-2-8-16(15)19/h1-11,14H,12-13H2. The second-order valence-electron chi connectivity index (χ2n) is 5.59. The molecule has 0 aliphatic rings. The second-order valence-corrected chi connectivity index (χ2v) is 5.59. The lowest BCUT2D eigenvalue weighted by Gasteiger charge is -2.10. The van der Waals surface area contributed by atoms with Crippen molar-refractivity contribution in [2.75, 3.05) is 6.61 Å². The topological polar surface area (TPSA) is 44.1 Å². The highest BCUT2D eigenvalue weighted by atomic mass is 16.5. The van der Waals surface area contributed by atoms with Crippen LogP contribution in [0.25, 0.3) is 21.7 Å². The molecule has 0 fully saturated rings. The maximum Gasteiger partial charge on any atom is 0.261 e. The van der Waals surface area contributed by atoms with Crippen molar-refractivity contribution in [3.8, 4) is 5.75 Å². The number of rotatable bonds is 4. The summed E-state index contributed by atoms with van der Waals surface area (Å²) in [5.74, 6) is 0.829. The van der Waals surface area contributed by atoms with Crippen LogP contribution in [-0.2, 0) is 6.54 Å². The van der Waals surface area contributed by atoms with E-state index in [0.717, 1.165) is 16.5 Å². The Morgan fingerprint density at radius 3 is 2.54 bits per heavy atom. The van der Waals surface area contributed by atoms with Gasteiger partial charge in [0.15, 0.2) is 0 Å². The Morgan fingerprint density at radius 1 is 0.875 bits per heavy atom. The highest BCUT2D eigenvalue weighted by Gasteiger charge is 2.05. The van der Waals surface area contributed by atoms with Crippen molar-refractivity contribution in [3.63, 3.8) is 0 Å². The lowest BCUT2D eigenvalue weighted by Crippen LogP contribution is -2.23. The molecule has 0 radical (unpaired) electrons. The third-order valence-electron chi connectivity index (χ3n) is 4.07. The molecule has 4 nitrogen and oxygen atoms in total. The Kier molecular flexibility index (Phi) is 3.71. The van der Waals surface area contributed by atoms with Gasteiger partial charge in [-0.1, -0.05) is 48.5 Å². The van der Waals surface area contributed by atoms with Crippen LogP contribution in [0.1, 0.15) is 0 Å². The number of ether oxygens (including phenoxy) is 1. The third-order valence-corrected chi connectivity index (χ3v) is 4.07. The molecule has 0 aliphatic carbocycles. The van der Waals surface area contributed by atoms with E-state index in [1.165, 1.54) is 0 Å². The van der Waals surface area contributed by atoms with E-state index in [2.05, 4.69) is 17.1 Å². The minimum Gasteiger partial charge on any atom is -0.491 e. The molecule has 0 atom stereocenters. The van der Waals surface area contributed by atoms with Gasteiger partial charge in [-0.05, 0) is 23.6 Å². The first-order valence-electron chi connectivity index (χ1n) is 7.88. The molecule has 1 heterocycles. The summed E-state index contributed by atoms with van der Waals surface area (Å²) < 4.78 is 7.49. The molecule has 4 aromatic rings. The molecule has 118 valence electrons. The van der Waals surface area contributed by atoms with Gasteiger partial charge in [0.1, 0.15) is 12.4 Å². The third kappa shape index (κ3) is 2.63. The molecule has 4 rings (SSSR count). The molecule has 24 heavy (non-hydrogen) atoms. The smallest absolute Gasteiger partial charge is 0.261 e. The van der Waals surface area contributed by atoms with Crippen LogP contribution in [0, 0.1) is 0 Å². The summed E-state index contributed by atoms with van der Waals surface area (Å²) in [6, 6.07) is 21.4. The molecule has 0 spiro atoms. The van der Waals surface area contributed by atoms with Gasteiger partial charge in [0, 0.05) is 5.39 Å². The molecule has 0 unspecified atom stereocenters. The fourth-order valence-electron chi connectivity index (χ4n) is 2.84. The van der Waals surface area contributed by atoms with Gasteiger partial charge in [-0.2, -0.15) is 0 Å². The summed E-state index contributed by atoms with van der Waals surface area (Å²) in [6.07, 6.45) is 1.58. The highest BCUT2D eigenvalue weighted by Crippen LogP contribution is 2.24. The molecular formula is C20H16N2O2. The van der Waals surface area contributed by atoms with Crippen LogP contribution in [0.4, 0.5) is 0 Å². The molecule has 0 amide bonds. The lowest BCUT2D eigenvalue weighted by molar-refractivity contribution is 0.299. The van der Waals surface area contributed by atoms with Gasteiger partial charge >= 0.3 is 0 Å². The predicted molar refractivity (Wildman–Crippen MR) is 95.4 cm³/mol. The van der Waals surface area contributed by atoms with Gasteiger partial charge in [0.05, 0.1) is 23.8 Å². The Balaban J connectivity index is 1.55. The molecule has 0 bridgehead atoms. The van der Waals surface area contributed by atoms with Crippen LogP contribution >= 0.6 is 0 Å². The van der Waals surface area contributed by atoms with E-state index >= 15 is 0 Å². The Morgan fingerprint density at radius 2 is 1.62 bits per heavy atom. The first-order chi connectivity index (χ1) is 11.8. The zero-order valence-electron chi connectivity index (χ0n) is 13.1. The molecule has 1 aromatic heterocycles. The van der Waals surface area contributed by atoms with E-state index in [1.54, 1.807) is 17.0 Å². The van der Waals surface area contributed by atoms with Gasteiger partial charge in [-0.25, -0.2) is 4.98 Å². The fourth-order valence-corrected chi connectivity index (χ4v) is 2.84. The monoisotopic (exact) mass is 316 g/mol. The first-order valence-corrected chi connectivity index (χ1v) is 7.88. The Labute approximate surface area is 139 Å². The fraction of sp³-hybridized carbons (Fsp3) is 0.100. The zero-order chi connectivity index (χ0) is 16.4.